The molecule has 0 unspecified atom stereocenters. The zero-order chi connectivity index (χ0) is 18.5. The van der Waals surface area contributed by atoms with Gasteiger partial charge in [-0.3, -0.25) is 9.48 Å². The molecule has 26 heavy (non-hydrogen) atoms. The van der Waals surface area contributed by atoms with Crippen LogP contribution in [0.25, 0.3) is 0 Å². The lowest BCUT2D eigenvalue weighted by Crippen LogP contribution is -2.19. The molecule has 0 radical (unpaired) electrons. The molecule has 0 aliphatic carbocycles. The summed E-state index contributed by atoms with van der Waals surface area (Å²) >= 11 is 12.8. The second-order valence-electron chi connectivity index (χ2n) is 5.37. The molecule has 0 aliphatic rings. The average Bonchev–Trinajstić information content (AvgIpc) is 2.99. The Hall–Kier alpha value is -1.96. The third kappa shape index (κ3) is 4.81. The van der Waals surface area contributed by atoms with Crippen LogP contribution in [0.1, 0.15) is 21.6 Å². The minimum Gasteiger partial charge on any atom is -0.266 e. The molecule has 0 saturated heterocycles. The Bertz CT molecular complexity index is 954. The van der Waals surface area contributed by atoms with Crippen molar-refractivity contribution in [2.75, 3.05) is 0 Å². The standard InChI is InChI=1S/C18H13Br2ClN4O/c19-14-7-5-12(6-8-14)10-25-11-15(20)17(24-25)18(26)23-22-9-13-3-1-2-4-16(13)21/h1-9,11H,10H2,(H,23,26)/b22-9+. The maximum atomic E-state index is 12.3. The number of nitrogens with zero attached hydrogens (tertiary/aromatic N) is 3. The van der Waals surface area contributed by atoms with Gasteiger partial charge in [0.05, 0.1) is 17.2 Å². The number of aromatic nitrogens is 2. The summed E-state index contributed by atoms with van der Waals surface area (Å²) < 4.78 is 3.31. The normalized spacial score (nSPS) is 11.0. The van der Waals surface area contributed by atoms with E-state index in [0.29, 0.717) is 21.6 Å². The molecular formula is C18H13Br2ClN4O. The number of benzene rings is 2. The van der Waals surface area contributed by atoms with Gasteiger partial charge in [-0.25, -0.2) is 5.43 Å². The third-order valence-corrected chi connectivity index (χ3v) is 4.92. The van der Waals surface area contributed by atoms with Gasteiger partial charge in [0.1, 0.15) is 0 Å². The fraction of sp³-hybridized carbons (Fsp3) is 0.0556. The smallest absolute Gasteiger partial charge is 0.266 e. The van der Waals surface area contributed by atoms with Crippen LogP contribution in [-0.4, -0.2) is 21.9 Å². The molecular weight excluding hydrogens is 483 g/mol. The first-order chi connectivity index (χ1) is 12.5. The van der Waals surface area contributed by atoms with E-state index in [-0.39, 0.29) is 5.69 Å². The maximum Gasteiger partial charge on any atom is 0.293 e. The van der Waals surface area contributed by atoms with Gasteiger partial charge in [-0.2, -0.15) is 10.2 Å². The zero-order valence-corrected chi connectivity index (χ0v) is 17.3. The predicted octanol–water partition coefficient (Wildman–Crippen LogP) is 4.87. The molecule has 0 saturated carbocycles. The van der Waals surface area contributed by atoms with Gasteiger partial charge in [-0.15, -0.1) is 0 Å². The average molecular weight is 497 g/mol. The van der Waals surface area contributed by atoms with Crippen LogP contribution < -0.4 is 5.43 Å². The highest BCUT2D eigenvalue weighted by molar-refractivity contribution is 9.10. The molecule has 1 heterocycles. The molecule has 1 N–H and O–H groups in total. The molecule has 0 spiro atoms. The number of hydrogen-bond donors (Lipinski definition) is 1. The Labute approximate surface area is 172 Å². The van der Waals surface area contributed by atoms with E-state index in [1.54, 1.807) is 23.0 Å². The van der Waals surface area contributed by atoms with Crippen LogP contribution >= 0.6 is 43.5 Å². The van der Waals surface area contributed by atoms with Gasteiger partial charge in [0.25, 0.3) is 5.91 Å². The number of hydrazone groups is 1. The number of hydrogen-bond acceptors (Lipinski definition) is 3. The van der Waals surface area contributed by atoms with Crippen LogP contribution in [0.4, 0.5) is 0 Å². The van der Waals surface area contributed by atoms with Crippen molar-refractivity contribution in [2.24, 2.45) is 5.10 Å². The minimum absolute atomic E-state index is 0.262. The van der Waals surface area contributed by atoms with Crippen molar-refractivity contribution in [3.8, 4) is 0 Å². The Balaban J connectivity index is 1.67. The first-order valence-corrected chi connectivity index (χ1v) is 9.54. The van der Waals surface area contributed by atoms with E-state index in [2.05, 4.69) is 47.5 Å². The van der Waals surface area contributed by atoms with Gasteiger partial charge >= 0.3 is 0 Å². The van der Waals surface area contributed by atoms with Crippen LogP contribution in [0.2, 0.25) is 5.02 Å². The number of halogens is 3. The summed E-state index contributed by atoms with van der Waals surface area (Å²) in [6, 6.07) is 15.1. The lowest BCUT2D eigenvalue weighted by Gasteiger charge is -2.02. The Morgan fingerprint density at radius 2 is 1.92 bits per heavy atom. The van der Waals surface area contributed by atoms with E-state index >= 15 is 0 Å². The number of carbonyl (C=O) groups excluding carboxylic acids is 1. The second-order valence-corrected chi connectivity index (χ2v) is 7.55. The molecule has 1 aromatic heterocycles. The first-order valence-electron chi connectivity index (χ1n) is 7.58. The van der Waals surface area contributed by atoms with Crippen molar-refractivity contribution in [3.63, 3.8) is 0 Å². The molecule has 0 atom stereocenters. The van der Waals surface area contributed by atoms with Gasteiger partial charge in [0, 0.05) is 21.3 Å². The number of rotatable bonds is 5. The molecule has 3 aromatic rings. The molecule has 3 rings (SSSR count). The van der Waals surface area contributed by atoms with Crippen LogP contribution in [0.3, 0.4) is 0 Å². The SMILES string of the molecule is O=C(N/N=C/c1ccccc1Cl)c1nn(Cc2ccc(Br)cc2)cc1Br. The van der Waals surface area contributed by atoms with E-state index in [1.165, 1.54) is 6.21 Å². The van der Waals surface area contributed by atoms with Gasteiger partial charge < -0.3 is 0 Å². The van der Waals surface area contributed by atoms with Gasteiger partial charge in [-0.1, -0.05) is 57.9 Å². The van der Waals surface area contributed by atoms with E-state index in [4.69, 9.17) is 11.6 Å². The summed E-state index contributed by atoms with van der Waals surface area (Å²) in [6.07, 6.45) is 3.25. The Kier molecular flexibility index (Phi) is 6.24. The van der Waals surface area contributed by atoms with E-state index in [9.17, 15) is 4.79 Å². The van der Waals surface area contributed by atoms with Crippen LogP contribution in [-0.2, 0) is 6.54 Å². The molecule has 2 aromatic carbocycles. The van der Waals surface area contributed by atoms with Crippen LogP contribution in [0.15, 0.2) is 68.8 Å². The van der Waals surface area contributed by atoms with Crippen molar-refractivity contribution in [1.82, 2.24) is 15.2 Å². The number of amides is 1. The maximum absolute atomic E-state index is 12.3. The lowest BCUT2D eigenvalue weighted by atomic mass is 10.2. The topological polar surface area (TPSA) is 59.3 Å². The second kappa shape index (κ2) is 8.62. The van der Waals surface area contributed by atoms with Crippen molar-refractivity contribution in [3.05, 3.63) is 85.5 Å². The fourth-order valence-electron chi connectivity index (χ4n) is 2.20. The molecule has 132 valence electrons. The lowest BCUT2D eigenvalue weighted by molar-refractivity contribution is 0.0948. The third-order valence-electron chi connectivity index (χ3n) is 3.46. The van der Waals surface area contributed by atoms with Crippen molar-refractivity contribution in [2.45, 2.75) is 6.54 Å². The van der Waals surface area contributed by atoms with E-state index in [0.717, 1.165) is 10.0 Å². The predicted molar refractivity (Wildman–Crippen MR) is 110 cm³/mol. The molecule has 1 amide bonds. The Morgan fingerprint density at radius 1 is 1.19 bits per heavy atom. The van der Waals surface area contributed by atoms with Gasteiger partial charge in [-0.05, 0) is 39.7 Å². The summed E-state index contributed by atoms with van der Waals surface area (Å²) in [5.74, 6) is -0.408. The summed E-state index contributed by atoms with van der Waals surface area (Å²) in [7, 11) is 0. The number of nitrogens with one attached hydrogen (secondary N) is 1. The number of carbonyl (C=O) groups is 1. The summed E-state index contributed by atoms with van der Waals surface area (Å²) in [4.78, 5) is 12.3. The quantitative estimate of drug-likeness (QED) is 0.405. The molecule has 0 fully saturated rings. The summed E-state index contributed by atoms with van der Waals surface area (Å²) in [5.41, 5.74) is 4.52. The van der Waals surface area contributed by atoms with Gasteiger partial charge in [0.15, 0.2) is 5.69 Å². The molecule has 5 nitrogen and oxygen atoms in total. The van der Waals surface area contributed by atoms with Crippen LogP contribution in [0.5, 0.6) is 0 Å². The van der Waals surface area contributed by atoms with E-state index in [1.807, 2.05) is 36.4 Å². The summed E-state index contributed by atoms with van der Waals surface area (Å²) in [6.45, 7) is 0.558. The molecule has 0 bridgehead atoms. The Morgan fingerprint density at radius 3 is 2.65 bits per heavy atom. The van der Waals surface area contributed by atoms with Gasteiger partial charge in [0.2, 0.25) is 0 Å². The highest BCUT2D eigenvalue weighted by atomic mass is 79.9. The van der Waals surface area contributed by atoms with E-state index < -0.39 is 5.91 Å². The van der Waals surface area contributed by atoms with Crippen molar-refractivity contribution >= 4 is 55.6 Å². The first kappa shape index (κ1) is 18.8. The molecule has 8 heteroatoms. The monoisotopic (exact) mass is 494 g/mol. The minimum atomic E-state index is -0.408. The highest BCUT2D eigenvalue weighted by Gasteiger charge is 2.15. The zero-order valence-electron chi connectivity index (χ0n) is 13.4. The van der Waals surface area contributed by atoms with Crippen molar-refractivity contribution in [1.29, 1.82) is 0 Å². The van der Waals surface area contributed by atoms with Crippen molar-refractivity contribution < 1.29 is 4.79 Å². The molecule has 0 aliphatic heterocycles. The largest absolute Gasteiger partial charge is 0.293 e. The van der Waals surface area contributed by atoms with Crippen LogP contribution in [0, 0.1) is 0 Å². The summed E-state index contributed by atoms with van der Waals surface area (Å²) in [5, 5.41) is 8.82. The highest BCUT2D eigenvalue weighted by Crippen LogP contribution is 2.17. The fourth-order valence-corrected chi connectivity index (χ4v) is 3.15.